The summed E-state index contributed by atoms with van der Waals surface area (Å²) < 4.78 is 5.12. The predicted molar refractivity (Wildman–Crippen MR) is 172 cm³/mol. The number of ketones is 2. The van der Waals surface area contributed by atoms with Crippen molar-refractivity contribution in [2.24, 2.45) is 11.7 Å². The molecule has 2 aliphatic rings. The van der Waals surface area contributed by atoms with Crippen LogP contribution >= 0.6 is 0 Å². The monoisotopic (exact) mass is 575 g/mol. The van der Waals surface area contributed by atoms with Crippen molar-refractivity contribution < 1.29 is 23.9 Å². The van der Waals surface area contributed by atoms with Gasteiger partial charge in [-0.3, -0.25) is 14.4 Å². The van der Waals surface area contributed by atoms with E-state index in [1.54, 1.807) is 18.2 Å². The van der Waals surface area contributed by atoms with Crippen molar-refractivity contribution in [3.8, 4) is 0 Å². The number of hydrogen-bond acceptors (Lipinski definition) is 6. The fourth-order valence-corrected chi connectivity index (χ4v) is 7.36. The van der Waals surface area contributed by atoms with Crippen molar-refractivity contribution in [2.45, 2.75) is 70.8 Å². The molecule has 2 aliphatic carbocycles. The van der Waals surface area contributed by atoms with Crippen LogP contribution in [-0.4, -0.2) is 37.0 Å². The van der Waals surface area contributed by atoms with Crippen LogP contribution in [0.5, 0.6) is 0 Å². The van der Waals surface area contributed by atoms with Gasteiger partial charge in [0.1, 0.15) is 0 Å². The second-order valence-electron chi connectivity index (χ2n) is 12.2. The summed E-state index contributed by atoms with van der Waals surface area (Å²) in [5.41, 5.74) is 7.39. The average Bonchev–Trinajstić information content (AvgIpc) is 3.72. The van der Waals surface area contributed by atoms with Gasteiger partial charge in [-0.05, 0) is 64.1 Å². The van der Waals surface area contributed by atoms with Crippen LogP contribution in [0.3, 0.4) is 0 Å². The molecule has 6 heteroatoms. The number of carbonyl (C=O) groups excluding carboxylic acids is 4. The standard InChI is InChI=1S/C32H26O5.C5H11N/c1-17(34)20-9-10-22-23-11-13-25(27(35)15-18-5-3-4-6-18)31-26(32(36)37-2)14-12-24(30(23)31)21-8-7-19(16-33)28(20)29(21)22;6-5-3-1-2-4-5/h7-14,16,18H,3-6,15H2,1-2H3;5H,1-4,6H2. The van der Waals surface area contributed by atoms with Crippen molar-refractivity contribution in [1.82, 2.24) is 0 Å². The van der Waals surface area contributed by atoms with Gasteiger partial charge in [0.2, 0.25) is 0 Å². The molecule has 0 heterocycles. The third-order valence-electron chi connectivity index (χ3n) is 9.49. The third kappa shape index (κ3) is 5.08. The zero-order chi connectivity index (χ0) is 30.2. The molecule has 5 aromatic rings. The number of rotatable bonds is 6. The first kappa shape index (κ1) is 28.9. The first-order chi connectivity index (χ1) is 20.8. The third-order valence-corrected chi connectivity index (χ3v) is 9.49. The maximum absolute atomic E-state index is 13.6. The van der Waals surface area contributed by atoms with Crippen molar-refractivity contribution in [1.29, 1.82) is 0 Å². The lowest BCUT2D eigenvalue weighted by Crippen LogP contribution is -2.13. The summed E-state index contributed by atoms with van der Waals surface area (Å²) in [5, 5.41) is 6.37. The number of ether oxygens (including phenoxy) is 1. The molecule has 0 aromatic heterocycles. The highest BCUT2D eigenvalue weighted by molar-refractivity contribution is 6.38. The van der Waals surface area contributed by atoms with Crippen LogP contribution in [0, 0.1) is 5.92 Å². The van der Waals surface area contributed by atoms with Gasteiger partial charge in [0, 0.05) is 39.9 Å². The molecule has 0 spiro atoms. The molecule has 5 aromatic carbocycles. The highest BCUT2D eigenvalue weighted by Crippen LogP contribution is 2.44. The van der Waals surface area contributed by atoms with E-state index in [-0.39, 0.29) is 11.6 Å². The summed E-state index contributed by atoms with van der Waals surface area (Å²) >= 11 is 0. The van der Waals surface area contributed by atoms with E-state index in [9.17, 15) is 19.2 Å². The zero-order valence-electron chi connectivity index (χ0n) is 24.8. The number of hydrogen-bond donors (Lipinski definition) is 1. The molecule has 0 saturated heterocycles. The second kappa shape index (κ2) is 11.8. The Morgan fingerprint density at radius 1 is 0.721 bits per heavy atom. The van der Waals surface area contributed by atoms with Gasteiger partial charge in [0.25, 0.3) is 0 Å². The van der Waals surface area contributed by atoms with Gasteiger partial charge in [-0.2, -0.15) is 0 Å². The SMILES string of the molecule is COC(=O)c1ccc2c3ccc(C=O)c4c(C(C)=O)ccc(c5ccc(C(=O)CC6CCCC6)c1c52)c43.NC1CCCC1. The molecule has 7 rings (SSSR count). The highest BCUT2D eigenvalue weighted by Gasteiger charge is 2.26. The fourth-order valence-electron chi connectivity index (χ4n) is 7.36. The summed E-state index contributed by atoms with van der Waals surface area (Å²) in [6.07, 6.45) is 10.9. The fraction of sp³-hybridized carbons (Fsp3) is 0.351. The Bertz CT molecular complexity index is 1870. The Kier molecular flexibility index (Phi) is 7.97. The molecule has 2 saturated carbocycles. The molecule has 0 radical (unpaired) electrons. The lowest BCUT2D eigenvalue weighted by Gasteiger charge is -2.20. The topological polar surface area (TPSA) is 104 Å². The Balaban J connectivity index is 0.000000491. The van der Waals surface area contributed by atoms with Gasteiger partial charge < -0.3 is 10.5 Å². The number of methoxy groups -OCH3 is 1. The van der Waals surface area contributed by atoms with Crippen LogP contribution in [0.15, 0.2) is 48.5 Å². The quantitative estimate of drug-likeness (QED) is 0.0720. The number of Topliss-reactive ketones (excluding diaryl/α,β-unsaturated/α-hetero) is 2. The normalized spacial score (nSPS) is 15.8. The molecular formula is C37H37NO5. The molecule has 6 nitrogen and oxygen atoms in total. The van der Waals surface area contributed by atoms with Crippen LogP contribution in [-0.2, 0) is 4.74 Å². The number of carbonyl (C=O) groups is 4. The van der Waals surface area contributed by atoms with Crippen molar-refractivity contribution in [3.05, 3.63) is 70.8 Å². The smallest absolute Gasteiger partial charge is 0.338 e. The Labute approximate surface area is 250 Å². The molecular weight excluding hydrogens is 538 g/mol. The predicted octanol–water partition coefficient (Wildman–Crippen LogP) is 8.19. The molecule has 0 unspecified atom stereocenters. The largest absolute Gasteiger partial charge is 0.465 e. The van der Waals surface area contributed by atoms with E-state index in [0.29, 0.717) is 51.4 Å². The molecule has 43 heavy (non-hydrogen) atoms. The van der Waals surface area contributed by atoms with Gasteiger partial charge in [-0.25, -0.2) is 4.79 Å². The zero-order valence-corrected chi connectivity index (χ0v) is 24.8. The van der Waals surface area contributed by atoms with E-state index in [2.05, 4.69) is 0 Å². The summed E-state index contributed by atoms with van der Waals surface area (Å²) in [7, 11) is 1.35. The number of aldehydes is 1. The van der Waals surface area contributed by atoms with Crippen molar-refractivity contribution in [2.75, 3.05) is 7.11 Å². The van der Waals surface area contributed by atoms with Crippen LogP contribution in [0.4, 0.5) is 0 Å². The molecule has 2 fully saturated rings. The first-order valence-corrected chi connectivity index (χ1v) is 15.4. The van der Waals surface area contributed by atoms with Crippen molar-refractivity contribution in [3.63, 3.8) is 0 Å². The number of nitrogens with two attached hydrogens (primary N) is 1. The molecule has 0 amide bonds. The number of benzene rings is 5. The molecule has 0 bridgehead atoms. The first-order valence-electron chi connectivity index (χ1n) is 15.4. The number of esters is 1. The van der Waals surface area contributed by atoms with E-state index in [1.807, 2.05) is 30.3 Å². The van der Waals surface area contributed by atoms with E-state index < -0.39 is 5.97 Å². The summed E-state index contributed by atoms with van der Waals surface area (Å²) in [5.74, 6) is -0.185. The maximum Gasteiger partial charge on any atom is 0.338 e. The average molecular weight is 576 g/mol. The van der Waals surface area contributed by atoms with Gasteiger partial charge >= 0.3 is 5.97 Å². The van der Waals surface area contributed by atoms with E-state index in [1.165, 1.54) is 39.7 Å². The van der Waals surface area contributed by atoms with Gasteiger partial charge in [-0.15, -0.1) is 0 Å². The minimum absolute atomic E-state index is 0.0416. The molecule has 0 atom stereocenters. The molecule has 0 aliphatic heterocycles. The minimum Gasteiger partial charge on any atom is -0.465 e. The lowest BCUT2D eigenvalue weighted by molar-refractivity contribution is 0.0602. The maximum atomic E-state index is 13.6. The Morgan fingerprint density at radius 3 is 1.74 bits per heavy atom. The summed E-state index contributed by atoms with van der Waals surface area (Å²) in [6.45, 7) is 1.50. The number of fused-ring (bicyclic) bond motifs is 2. The van der Waals surface area contributed by atoms with Crippen molar-refractivity contribution >= 4 is 66.9 Å². The minimum atomic E-state index is -0.488. The van der Waals surface area contributed by atoms with Crippen LogP contribution in [0.1, 0.15) is 106 Å². The summed E-state index contributed by atoms with van der Waals surface area (Å²) in [4.78, 5) is 51.0. The molecule has 2 N–H and O–H groups in total. The summed E-state index contributed by atoms with van der Waals surface area (Å²) in [6, 6.07) is 15.2. The van der Waals surface area contributed by atoms with E-state index >= 15 is 0 Å². The molecule has 220 valence electrons. The van der Waals surface area contributed by atoms with Crippen LogP contribution in [0.2, 0.25) is 0 Å². The van der Waals surface area contributed by atoms with Crippen LogP contribution < -0.4 is 5.73 Å². The Hall–Kier alpha value is -4.16. The van der Waals surface area contributed by atoms with Crippen LogP contribution in [0.25, 0.3) is 43.1 Å². The Morgan fingerprint density at radius 2 is 1.23 bits per heavy atom. The second-order valence-corrected chi connectivity index (χ2v) is 12.2. The van der Waals surface area contributed by atoms with Gasteiger partial charge in [0.05, 0.1) is 12.7 Å². The van der Waals surface area contributed by atoms with Gasteiger partial charge in [-0.1, -0.05) is 81.0 Å². The van der Waals surface area contributed by atoms with Gasteiger partial charge in [0.15, 0.2) is 17.9 Å². The highest BCUT2D eigenvalue weighted by atomic mass is 16.5. The van der Waals surface area contributed by atoms with E-state index in [0.717, 1.165) is 64.3 Å². The lowest BCUT2D eigenvalue weighted by atomic mass is 9.83. The van der Waals surface area contributed by atoms with E-state index in [4.69, 9.17) is 10.5 Å².